The number of Topliss-reactive ketones (excluding diaryl/α,β-unsaturated/α-hetero) is 1. The fraction of sp³-hybridized carbons (Fsp3) is 0.167. The van der Waals surface area contributed by atoms with Gasteiger partial charge in [0, 0.05) is 26.7 Å². The first-order chi connectivity index (χ1) is 15.4. The largest absolute Gasteiger partial charge is 0.507 e. The summed E-state index contributed by atoms with van der Waals surface area (Å²) >= 11 is 4.80. The van der Waals surface area contributed by atoms with E-state index in [1.165, 1.54) is 30.5 Å². The Labute approximate surface area is 197 Å². The summed E-state index contributed by atoms with van der Waals surface area (Å²) in [6, 6.07) is 13.1. The predicted octanol–water partition coefficient (Wildman–Crippen LogP) is 5.46. The summed E-state index contributed by atoms with van der Waals surface area (Å²) in [5.74, 6) is -0.726. The summed E-state index contributed by atoms with van der Waals surface area (Å²) in [5.41, 5.74) is 1.90. The minimum absolute atomic E-state index is 0.0534. The maximum absolute atomic E-state index is 13.2. The predicted molar refractivity (Wildman–Crippen MR) is 128 cm³/mol. The van der Waals surface area contributed by atoms with E-state index in [1.54, 1.807) is 42.5 Å². The molecule has 1 aliphatic rings. The highest BCUT2D eigenvalue weighted by atomic mass is 79.9. The molecular formula is C24H20BrNO5S. The quantitative estimate of drug-likeness (QED) is 0.278. The van der Waals surface area contributed by atoms with Crippen molar-refractivity contribution >= 4 is 50.4 Å². The van der Waals surface area contributed by atoms with E-state index in [0.29, 0.717) is 22.7 Å². The Morgan fingerprint density at radius 3 is 2.31 bits per heavy atom. The summed E-state index contributed by atoms with van der Waals surface area (Å²) in [6.07, 6.45) is 0. The zero-order chi connectivity index (χ0) is 23.0. The Morgan fingerprint density at radius 2 is 1.72 bits per heavy atom. The molecule has 2 aromatic carbocycles. The van der Waals surface area contributed by atoms with Gasteiger partial charge in [0.05, 0.1) is 19.8 Å². The van der Waals surface area contributed by atoms with Crippen molar-refractivity contribution in [3.63, 3.8) is 0 Å². The number of aliphatic hydroxyl groups excluding tert-OH is 1. The molecule has 1 aromatic heterocycles. The van der Waals surface area contributed by atoms with Crippen molar-refractivity contribution in [2.75, 3.05) is 19.1 Å². The monoisotopic (exact) mass is 513 g/mol. The van der Waals surface area contributed by atoms with Crippen LogP contribution in [0.3, 0.4) is 0 Å². The summed E-state index contributed by atoms with van der Waals surface area (Å²) in [4.78, 5) is 28.6. The van der Waals surface area contributed by atoms with Gasteiger partial charge in [-0.3, -0.25) is 14.5 Å². The standard InChI is InChI=1S/C24H20BrNO5S/c1-13-10-11-32-23(13)20-19(21(27)14-4-6-15(25)7-5-14)22(28)24(29)26(20)16-8-9-17(30-2)18(12-16)31-3/h4-12,20,27H,1-3H3/b21-19-. The fourth-order valence-electron chi connectivity index (χ4n) is 3.75. The minimum Gasteiger partial charge on any atom is -0.507 e. The van der Waals surface area contributed by atoms with Crippen LogP contribution >= 0.6 is 27.3 Å². The van der Waals surface area contributed by atoms with Gasteiger partial charge >= 0.3 is 0 Å². The zero-order valence-corrected chi connectivity index (χ0v) is 20.0. The number of ketones is 1. The second kappa shape index (κ2) is 8.80. The highest BCUT2D eigenvalue weighted by molar-refractivity contribution is 9.10. The van der Waals surface area contributed by atoms with Crippen molar-refractivity contribution in [3.8, 4) is 11.5 Å². The molecule has 6 nitrogen and oxygen atoms in total. The number of carbonyl (C=O) groups is 2. The van der Waals surface area contributed by atoms with E-state index in [9.17, 15) is 14.7 Å². The van der Waals surface area contributed by atoms with Crippen LogP contribution in [0.2, 0.25) is 0 Å². The number of ether oxygens (including phenoxy) is 2. The highest BCUT2D eigenvalue weighted by Crippen LogP contribution is 2.46. The van der Waals surface area contributed by atoms with Gasteiger partial charge in [-0.2, -0.15) is 0 Å². The number of hydrogen-bond acceptors (Lipinski definition) is 6. The number of halogens is 1. The smallest absolute Gasteiger partial charge is 0.300 e. The van der Waals surface area contributed by atoms with Crippen molar-refractivity contribution in [2.24, 2.45) is 0 Å². The van der Waals surface area contributed by atoms with E-state index in [2.05, 4.69) is 15.9 Å². The molecule has 1 saturated heterocycles. The van der Waals surface area contributed by atoms with Crippen LogP contribution in [0.4, 0.5) is 5.69 Å². The number of carbonyl (C=O) groups excluding carboxylic acids is 2. The molecule has 0 radical (unpaired) electrons. The third-order valence-electron chi connectivity index (χ3n) is 5.36. The van der Waals surface area contributed by atoms with Crippen molar-refractivity contribution in [1.29, 1.82) is 0 Å². The lowest BCUT2D eigenvalue weighted by Crippen LogP contribution is -2.29. The van der Waals surface area contributed by atoms with Crippen LogP contribution in [0.25, 0.3) is 5.76 Å². The van der Waals surface area contributed by atoms with E-state index in [1.807, 2.05) is 18.4 Å². The first kappa shape index (κ1) is 22.1. The molecule has 4 rings (SSSR count). The molecular weight excluding hydrogens is 494 g/mol. The third-order valence-corrected chi connectivity index (χ3v) is 6.96. The van der Waals surface area contributed by atoms with Crippen LogP contribution in [0.15, 0.2) is 64.0 Å². The number of anilines is 1. The van der Waals surface area contributed by atoms with Crippen LogP contribution in [0, 0.1) is 6.92 Å². The molecule has 1 N–H and O–H groups in total. The number of aliphatic hydroxyl groups is 1. The second-order valence-electron chi connectivity index (χ2n) is 7.18. The van der Waals surface area contributed by atoms with Gasteiger partial charge in [-0.15, -0.1) is 11.3 Å². The molecule has 8 heteroatoms. The zero-order valence-electron chi connectivity index (χ0n) is 17.6. The van der Waals surface area contributed by atoms with Crippen molar-refractivity contribution < 1.29 is 24.2 Å². The lowest BCUT2D eigenvalue weighted by atomic mass is 9.98. The molecule has 1 unspecified atom stereocenters. The SMILES string of the molecule is COc1ccc(N2C(=O)C(=O)/C(=C(\O)c3ccc(Br)cc3)C2c2sccc2C)cc1OC. The molecule has 0 spiro atoms. The van der Waals surface area contributed by atoms with E-state index >= 15 is 0 Å². The Hall–Kier alpha value is -3.10. The number of benzene rings is 2. The summed E-state index contributed by atoms with van der Waals surface area (Å²) < 4.78 is 11.5. The van der Waals surface area contributed by atoms with E-state index < -0.39 is 17.7 Å². The van der Waals surface area contributed by atoms with Gasteiger partial charge in [-0.1, -0.05) is 28.1 Å². The Morgan fingerprint density at radius 1 is 1.03 bits per heavy atom. The average molecular weight is 514 g/mol. The second-order valence-corrected chi connectivity index (χ2v) is 9.05. The first-order valence-corrected chi connectivity index (χ1v) is 11.4. The van der Waals surface area contributed by atoms with Crippen LogP contribution in [0.5, 0.6) is 11.5 Å². The summed E-state index contributed by atoms with van der Waals surface area (Å²) in [5, 5.41) is 13.0. The van der Waals surface area contributed by atoms with Gasteiger partial charge in [0.1, 0.15) is 11.8 Å². The Balaban J connectivity index is 1.94. The normalized spacial score (nSPS) is 17.6. The molecule has 0 bridgehead atoms. The number of aryl methyl sites for hydroxylation is 1. The Bertz CT molecular complexity index is 1230. The number of thiophene rings is 1. The van der Waals surface area contributed by atoms with Crippen molar-refractivity contribution in [3.05, 3.63) is 80.0 Å². The highest BCUT2D eigenvalue weighted by Gasteiger charge is 2.48. The van der Waals surface area contributed by atoms with Crippen LogP contribution < -0.4 is 14.4 Å². The summed E-state index contributed by atoms with van der Waals surface area (Å²) in [7, 11) is 3.03. The topological polar surface area (TPSA) is 76.1 Å². The molecule has 0 saturated carbocycles. The molecule has 1 atom stereocenters. The lowest BCUT2D eigenvalue weighted by Gasteiger charge is -2.25. The van der Waals surface area contributed by atoms with Gasteiger partial charge < -0.3 is 14.6 Å². The molecule has 1 fully saturated rings. The van der Waals surface area contributed by atoms with Crippen molar-refractivity contribution in [1.82, 2.24) is 0 Å². The minimum atomic E-state index is -0.767. The maximum Gasteiger partial charge on any atom is 0.300 e. The number of nitrogens with zero attached hydrogens (tertiary/aromatic N) is 1. The van der Waals surface area contributed by atoms with Gasteiger partial charge in [-0.25, -0.2) is 0 Å². The third kappa shape index (κ3) is 3.69. The van der Waals surface area contributed by atoms with E-state index in [-0.39, 0.29) is 11.3 Å². The number of rotatable bonds is 5. The molecule has 2 heterocycles. The van der Waals surface area contributed by atoms with Gasteiger partial charge in [0.25, 0.3) is 11.7 Å². The first-order valence-electron chi connectivity index (χ1n) is 9.70. The lowest BCUT2D eigenvalue weighted by molar-refractivity contribution is -0.132. The number of amides is 1. The fourth-order valence-corrected chi connectivity index (χ4v) is 5.04. The number of hydrogen-bond donors (Lipinski definition) is 1. The number of methoxy groups -OCH3 is 2. The summed E-state index contributed by atoms with van der Waals surface area (Å²) in [6.45, 7) is 1.92. The van der Waals surface area contributed by atoms with Crippen LogP contribution in [0.1, 0.15) is 22.0 Å². The molecule has 3 aromatic rings. The maximum atomic E-state index is 13.2. The Kier molecular flexibility index (Phi) is 6.08. The van der Waals surface area contributed by atoms with Gasteiger partial charge in [0.15, 0.2) is 11.5 Å². The average Bonchev–Trinajstić information content (AvgIpc) is 3.33. The van der Waals surface area contributed by atoms with Gasteiger partial charge in [0.2, 0.25) is 0 Å². The molecule has 32 heavy (non-hydrogen) atoms. The van der Waals surface area contributed by atoms with Crippen LogP contribution in [-0.4, -0.2) is 31.0 Å². The molecule has 1 aliphatic heterocycles. The van der Waals surface area contributed by atoms with Crippen molar-refractivity contribution in [2.45, 2.75) is 13.0 Å². The molecule has 164 valence electrons. The van der Waals surface area contributed by atoms with E-state index in [4.69, 9.17) is 9.47 Å². The molecule has 1 amide bonds. The van der Waals surface area contributed by atoms with Crippen LogP contribution in [-0.2, 0) is 9.59 Å². The molecule has 0 aliphatic carbocycles. The van der Waals surface area contributed by atoms with E-state index in [0.717, 1.165) is 14.9 Å². The van der Waals surface area contributed by atoms with Gasteiger partial charge in [-0.05, 0) is 48.2 Å².